The van der Waals surface area contributed by atoms with E-state index >= 15 is 0 Å². The summed E-state index contributed by atoms with van der Waals surface area (Å²) >= 11 is 1.71. The van der Waals surface area contributed by atoms with E-state index in [0.717, 1.165) is 37.2 Å². The Bertz CT molecular complexity index is 611. The van der Waals surface area contributed by atoms with Crippen LogP contribution in [0.1, 0.15) is 35.0 Å². The number of nitrogens with zero attached hydrogens (tertiary/aromatic N) is 3. The number of aromatic nitrogens is 2. The number of aryl methyl sites for hydroxylation is 1. The van der Waals surface area contributed by atoms with Crippen molar-refractivity contribution in [2.45, 2.75) is 32.1 Å². The summed E-state index contributed by atoms with van der Waals surface area (Å²) in [7, 11) is 0. The average Bonchev–Trinajstić information content (AvgIpc) is 2.95. The highest BCUT2D eigenvalue weighted by Crippen LogP contribution is 2.29. The van der Waals surface area contributed by atoms with Crippen LogP contribution in [0.3, 0.4) is 0 Å². The first kappa shape index (κ1) is 14.2. The third-order valence-corrected chi connectivity index (χ3v) is 4.96. The molecule has 0 saturated carbocycles. The van der Waals surface area contributed by atoms with E-state index in [9.17, 15) is 4.79 Å². The monoisotopic (exact) mass is 301 g/mol. The topological polar surface area (TPSA) is 46.1 Å². The molecule has 0 unspecified atom stereocenters. The summed E-state index contributed by atoms with van der Waals surface area (Å²) in [6.07, 6.45) is 6.13. The molecule has 1 atom stereocenters. The van der Waals surface area contributed by atoms with Gasteiger partial charge in [-0.15, -0.1) is 11.3 Å². The van der Waals surface area contributed by atoms with Gasteiger partial charge in [-0.2, -0.15) is 0 Å². The number of amides is 1. The predicted octanol–water partition coefficient (Wildman–Crippen LogP) is 2.80. The van der Waals surface area contributed by atoms with E-state index in [-0.39, 0.29) is 5.91 Å². The van der Waals surface area contributed by atoms with Crippen LogP contribution in [-0.2, 0) is 11.2 Å². The second-order valence-corrected chi connectivity index (χ2v) is 6.43. The molecule has 1 amide bonds. The zero-order valence-electron chi connectivity index (χ0n) is 12.2. The third-order valence-electron chi connectivity index (χ3n) is 3.84. The van der Waals surface area contributed by atoms with Crippen molar-refractivity contribution in [2.24, 2.45) is 0 Å². The van der Waals surface area contributed by atoms with Crippen molar-refractivity contribution in [1.29, 1.82) is 0 Å². The molecule has 0 N–H and O–H groups in total. The fourth-order valence-electron chi connectivity index (χ4n) is 2.75. The van der Waals surface area contributed by atoms with Crippen molar-refractivity contribution in [2.75, 3.05) is 13.1 Å². The Morgan fingerprint density at radius 2 is 2.43 bits per heavy atom. The Morgan fingerprint density at radius 3 is 3.14 bits per heavy atom. The van der Waals surface area contributed by atoms with E-state index in [4.69, 9.17) is 0 Å². The van der Waals surface area contributed by atoms with Crippen molar-refractivity contribution in [1.82, 2.24) is 14.9 Å². The number of rotatable bonds is 3. The first-order chi connectivity index (χ1) is 10.2. The van der Waals surface area contributed by atoms with E-state index in [2.05, 4.69) is 15.3 Å². The number of hydrogen-bond donors (Lipinski definition) is 0. The largest absolute Gasteiger partial charge is 0.342 e. The molecular weight excluding hydrogens is 282 g/mol. The smallest absolute Gasteiger partial charge is 0.227 e. The normalized spacial score (nSPS) is 18.7. The third kappa shape index (κ3) is 3.47. The lowest BCUT2D eigenvalue weighted by molar-refractivity contribution is -0.131. The Hall–Kier alpha value is -1.75. The summed E-state index contributed by atoms with van der Waals surface area (Å²) in [6, 6.07) is 3.83. The second-order valence-electron chi connectivity index (χ2n) is 5.54. The molecule has 4 nitrogen and oxygen atoms in total. The van der Waals surface area contributed by atoms with Crippen molar-refractivity contribution in [3.63, 3.8) is 0 Å². The van der Waals surface area contributed by atoms with Crippen LogP contribution >= 0.6 is 11.3 Å². The molecule has 5 heteroatoms. The number of hydrogen-bond acceptors (Lipinski definition) is 4. The Kier molecular flexibility index (Phi) is 4.29. The fraction of sp³-hybridized carbons (Fsp3) is 0.438. The molecule has 21 heavy (non-hydrogen) atoms. The lowest BCUT2D eigenvalue weighted by Crippen LogP contribution is -2.39. The summed E-state index contributed by atoms with van der Waals surface area (Å²) in [5.74, 6) is 0.594. The maximum atomic E-state index is 12.4. The van der Waals surface area contributed by atoms with E-state index < -0.39 is 0 Å². The quantitative estimate of drug-likeness (QED) is 0.876. The zero-order valence-corrected chi connectivity index (χ0v) is 13.0. The van der Waals surface area contributed by atoms with Gasteiger partial charge >= 0.3 is 0 Å². The molecule has 2 aromatic rings. The fourth-order valence-corrected chi connectivity index (χ4v) is 3.68. The van der Waals surface area contributed by atoms with Crippen molar-refractivity contribution in [3.05, 3.63) is 46.2 Å². The SMILES string of the molecule is Cc1csc([C@H]2CCCN(C(=O)Cc3cccnc3)C2)n1. The lowest BCUT2D eigenvalue weighted by Gasteiger charge is -2.32. The number of pyridine rings is 1. The van der Waals surface area contributed by atoms with Crippen molar-refractivity contribution in [3.8, 4) is 0 Å². The van der Waals surface area contributed by atoms with Crippen LogP contribution in [0.15, 0.2) is 29.9 Å². The summed E-state index contributed by atoms with van der Waals surface area (Å²) in [5.41, 5.74) is 2.06. The molecule has 0 aliphatic carbocycles. The summed E-state index contributed by atoms with van der Waals surface area (Å²) in [5, 5.41) is 3.26. The minimum Gasteiger partial charge on any atom is -0.342 e. The van der Waals surface area contributed by atoms with Gasteiger partial charge in [-0.05, 0) is 31.4 Å². The lowest BCUT2D eigenvalue weighted by atomic mass is 9.98. The molecule has 1 saturated heterocycles. The molecule has 0 spiro atoms. The first-order valence-electron chi connectivity index (χ1n) is 7.31. The Labute approximate surface area is 128 Å². The zero-order chi connectivity index (χ0) is 14.7. The molecule has 0 radical (unpaired) electrons. The molecule has 0 bridgehead atoms. The number of carbonyl (C=O) groups excluding carboxylic acids is 1. The van der Waals surface area contributed by atoms with Crippen LogP contribution < -0.4 is 0 Å². The molecule has 2 aromatic heterocycles. The maximum Gasteiger partial charge on any atom is 0.227 e. The van der Waals surface area contributed by atoms with Gasteiger partial charge in [0.2, 0.25) is 5.91 Å². The molecule has 1 aliphatic rings. The van der Waals surface area contributed by atoms with Gasteiger partial charge in [0.15, 0.2) is 0 Å². The second kappa shape index (κ2) is 6.35. The number of likely N-dealkylation sites (tertiary alicyclic amines) is 1. The number of piperidine rings is 1. The van der Waals surface area contributed by atoms with Crippen molar-refractivity contribution >= 4 is 17.2 Å². The van der Waals surface area contributed by atoms with Crippen LogP contribution in [0.2, 0.25) is 0 Å². The van der Waals surface area contributed by atoms with Crippen LogP contribution in [-0.4, -0.2) is 33.9 Å². The van der Waals surface area contributed by atoms with E-state index in [1.54, 1.807) is 23.7 Å². The van der Waals surface area contributed by atoms with Gasteiger partial charge in [0.25, 0.3) is 0 Å². The maximum absolute atomic E-state index is 12.4. The highest BCUT2D eigenvalue weighted by molar-refractivity contribution is 7.09. The Morgan fingerprint density at radius 1 is 1.52 bits per heavy atom. The molecule has 110 valence electrons. The van der Waals surface area contributed by atoms with E-state index in [0.29, 0.717) is 12.3 Å². The molecular formula is C16H19N3OS. The summed E-state index contributed by atoms with van der Waals surface area (Å²) in [6.45, 7) is 3.68. The molecule has 1 fully saturated rings. The predicted molar refractivity (Wildman–Crippen MR) is 83.3 cm³/mol. The number of thiazole rings is 1. The molecule has 1 aliphatic heterocycles. The summed E-state index contributed by atoms with van der Waals surface area (Å²) < 4.78 is 0. The van der Waals surface area contributed by atoms with Crippen LogP contribution in [0.5, 0.6) is 0 Å². The average molecular weight is 301 g/mol. The van der Waals surface area contributed by atoms with Gasteiger partial charge in [-0.3, -0.25) is 9.78 Å². The minimum absolute atomic E-state index is 0.195. The van der Waals surface area contributed by atoms with E-state index in [1.807, 2.05) is 24.0 Å². The van der Waals surface area contributed by atoms with Crippen LogP contribution in [0.25, 0.3) is 0 Å². The highest BCUT2D eigenvalue weighted by Gasteiger charge is 2.26. The van der Waals surface area contributed by atoms with Gasteiger partial charge in [0, 0.05) is 42.5 Å². The van der Waals surface area contributed by atoms with Gasteiger partial charge in [-0.1, -0.05) is 6.07 Å². The highest BCUT2D eigenvalue weighted by atomic mass is 32.1. The van der Waals surface area contributed by atoms with Crippen molar-refractivity contribution < 1.29 is 4.79 Å². The van der Waals surface area contributed by atoms with Gasteiger partial charge in [-0.25, -0.2) is 4.98 Å². The van der Waals surface area contributed by atoms with Crippen LogP contribution in [0, 0.1) is 6.92 Å². The Balaban J connectivity index is 1.64. The number of carbonyl (C=O) groups is 1. The van der Waals surface area contributed by atoms with E-state index in [1.165, 1.54) is 5.01 Å². The minimum atomic E-state index is 0.195. The summed E-state index contributed by atoms with van der Waals surface area (Å²) in [4.78, 5) is 23.1. The van der Waals surface area contributed by atoms with Gasteiger partial charge in [0.05, 0.1) is 11.4 Å². The van der Waals surface area contributed by atoms with Gasteiger partial charge < -0.3 is 4.90 Å². The molecule has 3 heterocycles. The molecule has 0 aromatic carbocycles. The van der Waals surface area contributed by atoms with Crippen LogP contribution in [0.4, 0.5) is 0 Å². The molecule has 3 rings (SSSR count). The first-order valence-corrected chi connectivity index (χ1v) is 8.19. The van der Waals surface area contributed by atoms with Gasteiger partial charge in [0.1, 0.15) is 0 Å². The standard InChI is InChI=1S/C16H19N3OS/c1-12-11-21-16(18-12)14-5-3-7-19(10-14)15(20)8-13-4-2-6-17-9-13/h2,4,6,9,11,14H,3,5,7-8,10H2,1H3/t14-/m0/s1.